The summed E-state index contributed by atoms with van der Waals surface area (Å²) < 4.78 is 45.5. The van der Waals surface area contributed by atoms with Crippen molar-refractivity contribution in [2.24, 2.45) is 0 Å². The quantitative estimate of drug-likeness (QED) is 0.392. The fourth-order valence-corrected chi connectivity index (χ4v) is 3.83. The first kappa shape index (κ1) is 22.4. The highest BCUT2D eigenvalue weighted by atomic mass is 19.4. The first-order valence-electron chi connectivity index (χ1n) is 10.3. The predicted octanol–water partition coefficient (Wildman–Crippen LogP) is 5.43. The molecule has 0 aliphatic carbocycles. The molecule has 0 fully saturated rings. The van der Waals surface area contributed by atoms with Crippen LogP contribution < -0.4 is 10.1 Å². The molecule has 2 N–H and O–H groups in total. The molecule has 2 heterocycles. The largest absolute Gasteiger partial charge is 0.497 e. The molecule has 4 rings (SSSR count). The average Bonchev–Trinajstić information content (AvgIpc) is 3.24. The van der Waals surface area contributed by atoms with Gasteiger partial charge < -0.3 is 15.0 Å². The van der Waals surface area contributed by atoms with E-state index in [1.165, 1.54) is 6.07 Å². The molecule has 2 aromatic heterocycles. The number of nitrogens with zero attached hydrogens (tertiary/aromatic N) is 1. The number of alkyl halides is 3. The number of ether oxygens (including phenoxy) is 1. The smallest absolute Gasteiger partial charge is 0.416 e. The van der Waals surface area contributed by atoms with Crippen molar-refractivity contribution in [2.45, 2.75) is 25.1 Å². The summed E-state index contributed by atoms with van der Waals surface area (Å²) in [4.78, 5) is 19.9. The number of rotatable bonds is 7. The highest BCUT2D eigenvalue weighted by molar-refractivity contribution is 5.87. The molecule has 170 valence electrons. The Labute approximate surface area is 188 Å². The van der Waals surface area contributed by atoms with E-state index in [4.69, 9.17) is 4.74 Å². The van der Waals surface area contributed by atoms with E-state index in [1.807, 2.05) is 12.1 Å². The third kappa shape index (κ3) is 5.16. The van der Waals surface area contributed by atoms with Gasteiger partial charge in [0.1, 0.15) is 5.75 Å². The van der Waals surface area contributed by atoms with Gasteiger partial charge >= 0.3 is 6.18 Å². The minimum atomic E-state index is -4.48. The molecule has 0 radical (unpaired) electrons. The number of pyridine rings is 1. The highest BCUT2D eigenvalue weighted by Gasteiger charge is 2.32. The fourth-order valence-electron chi connectivity index (χ4n) is 3.83. The van der Waals surface area contributed by atoms with Gasteiger partial charge in [0.2, 0.25) is 5.91 Å². The number of halogens is 3. The molecule has 0 aliphatic rings. The number of benzene rings is 2. The molecule has 8 heteroatoms. The standard InChI is InChI=1S/C25H22F3N3O2/c1-33-19-5-6-23-21(12-19)22(15-30-23)20(17-3-2-4-18(11-17)25(26,27)28)13-24(32)31-14-16-7-9-29-10-8-16/h2-12,15,20,30H,13-14H2,1H3,(H,31,32)/t20-/m1/s1. The number of hydrogen-bond acceptors (Lipinski definition) is 3. The summed E-state index contributed by atoms with van der Waals surface area (Å²) in [5.74, 6) is -0.245. The maximum atomic E-state index is 13.4. The second-order valence-corrected chi connectivity index (χ2v) is 7.67. The molecule has 0 aliphatic heterocycles. The zero-order valence-corrected chi connectivity index (χ0v) is 17.8. The first-order chi connectivity index (χ1) is 15.8. The molecule has 0 spiro atoms. The summed E-state index contributed by atoms with van der Waals surface area (Å²) in [7, 11) is 1.55. The van der Waals surface area contributed by atoms with Crippen LogP contribution in [-0.2, 0) is 17.5 Å². The number of H-pyrrole nitrogens is 1. The van der Waals surface area contributed by atoms with Gasteiger partial charge in [-0.05, 0) is 53.1 Å². The summed E-state index contributed by atoms with van der Waals surface area (Å²) in [6, 6.07) is 14.2. The molecular formula is C25H22F3N3O2. The van der Waals surface area contributed by atoms with E-state index in [0.29, 0.717) is 17.9 Å². The van der Waals surface area contributed by atoms with Gasteiger partial charge in [0.15, 0.2) is 0 Å². The van der Waals surface area contributed by atoms with E-state index >= 15 is 0 Å². The lowest BCUT2D eigenvalue weighted by atomic mass is 9.87. The van der Waals surface area contributed by atoms with Crippen LogP contribution in [0, 0.1) is 0 Å². The van der Waals surface area contributed by atoms with Gasteiger partial charge in [-0.25, -0.2) is 0 Å². The zero-order valence-electron chi connectivity index (χ0n) is 17.8. The second-order valence-electron chi connectivity index (χ2n) is 7.67. The average molecular weight is 453 g/mol. The highest BCUT2D eigenvalue weighted by Crippen LogP contribution is 2.37. The van der Waals surface area contributed by atoms with Crippen molar-refractivity contribution in [1.29, 1.82) is 0 Å². The Morgan fingerprint density at radius 3 is 2.64 bits per heavy atom. The Balaban J connectivity index is 1.69. The minimum absolute atomic E-state index is 0.0173. The minimum Gasteiger partial charge on any atom is -0.497 e. The first-order valence-corrected chi connectivity index (χ1v) is 10.3. The van der Waals surface area contributed by atoms with Crippen molar-refractivity contribution in [3.8, 4) is 5.75 Å². The van der Waals surface area contributed by atoms with Crippen molar-refractivity contribution in [3.63, 3.8) is 0 Å². The van der Waals surface area contributed by atoms with Crippen molar-refractivity contribution >= 4 is 16.8 Å². The van der Waals surface area contributed by atoms with Gasteiger partial charge in [-0.15, -0.1) is 0 Å². The van der Waals surface area contributed by atoms with Crippen LogP contribution in [0.3, 0.4) is 0 Å². The summed E-state index contributed by atoms with van der Waals surface area (Å²) in [5, 5.41) is 3.64. The summed E-state index contributed by atoms with van der Waals surface area (Å²) in [5.41, 5.74) is 2.07. The normalized spacial score (nSPS) is 12.5. The van der Waals surface area contributed by atoms with Crippen LogP contribution in [0.5, 0.6) is 5.75 Å². The van der Waals surface area contributed by atoms with Gasteiger partial charge in [-0.1, -0.05) is 18.2 Å². The number of hydrogen-bond donors (Lipinski definition) is 2. The number of carbonyl (C=O) groups is 1. The van der Waals surface area contributed by atoms with Gasteiger partial charge in [-0.2, -0.15) is 13.2 Å². The Morgan fingerprint density at radius 1 is 1.12 bits per heavy atom. The van der Waals surface area contributed by atoms with Crippen LogP contribution in [0.25, 0.3) is 10.9 Å². The van der Waals surface area contributed by atoms with Crippen LogP contribution >= 0.6 is 0 Å². The molecule has 2 aromatic carbocycles. The van der Waals surface area contributed by atoms with Crippen molar-refractivity contribution < 1.29 is 22.7 Å². The van der Waals surface area contributed by atoms with E-state index in [1.54, 1.807) is 50.0 Å². The van der Waals surface area contributed by atoms with E-state index in [2.05, 4.69) is 15.3 Å². The lowest BCUT2D eigenvalue weighted by molar-refractivity contribution is -0.137. The number of carbonyl (C=O) groups excluding carboxylic acids is 1. The zero-order chi connectivity index (χ0) is 23.4. The number of nitrogens with one attached hydrogen (secondary N) is 2. The molecule has 0 bridgehead atoms. The van der Waals surface area contributed by atoms with Crippen molar-refractivity contribution in [3.05, 3.63) is 95.4 Å². The summed E-state index contributed by atoms with van der Waals surface area (Å²) in [6.07, 6.45) is 0.508. The topological polar surface area (TPSA) is 67.0 Å². The van der Waals surface area contributed by atoms with Crippen LogP contribution in [-0.4, -0.2) is 23.0 Å². The molecule has 0 unspecified atom stereocenters. The number of aromatic nitrogens is 2. The van der Waals surface area contributed by atoms with E-state index in [9.17, 15) is 18.0 Å². The number of aromatic amines is 1. The van der Waals surface area contributed by atoms with E-state index < -0.39 is 17.7 Å². The maximum Gasteiger partial charge on any atom is 0.416 e. The summed E-state index contributed by atoms with van der Waals surface area (Å²) in [6.45, 7) is 0.304. The van der Waals surface area contributed by atoms with Crippen molar-refractivity contribution in [1.82, 2.24) is 15.3 Å². The van der Waals surface area contributed by atoms with E-state index in [0.717, 1.165) is 34.2 Å². The van der Waals surface area contributed by atoms with Crippen molar-refractivity contribution in [2.75, 3.05) is 7.11 Å². The molecule has 33 heavy (non-hydrogen) atoms. The second kappa shape index (κ2) is 9.36. The maximum absolute atomic E-state index is 13.4. The Bertz CT molecular complexity index is 1250. The van der Waals surface area contributed by atoms with Gasteiger partial charge in [-0.3, -0.25) is 9.78 Å². The Morgan fingerprint density at radius 2 is 1.91 bits per heavy atom. The molecule has 0 saturated carbocycles. The van der Waals surface area contributed by atoms with Gasteiger partial charge in [0.05, 0.1) is 12.7 Å². The lowest BCUT2D eigenvalue weighted by Crippen LogP contribution is -2.25. The van der Waals surface area contributed by atoms with Gasteiger partial charge in [0, 0.05) is 48.4 Å². The number of methoxy groups -OCH3 is 1. The Hall–Kier alpha value is -3.81. The molecular weight excluding hydrogens is 431 g/mol. The monoisotopic (exact) mass is 453 g/mol. The van der Waals surface area contributed by atoms with Crippen LogP contribution in [0.4, 0.5) is 13.2 Å². The van der Waals surface area contributed by atoms with Crippen LogP contribution in [0.1, 0.15) is 34.6 Å². The van der Waals surface area contributed by atoms with Crippen LogP contribution in [0.15, 0.2) is 73.2 Å². The molecule has 4 aromatic rings. The number of amides is 1. The van der Waals surface area contributed by atoms with Gasteiger partial charge in [0.25, 0.3) is 0 Å². The van der Waals surface area contributed by atoms with E-state index in [-0.39, 0.29) is 12.3 Å². The third-order valence-corrected chi connectivity index (χ3v) is 5.54. The third-order valence-electron chi connectivity index (χ3n) is 5.54. The lowest BCUT2D eigenvalue weighted by Gasteiger charge is -2.19. The molecule has 1 amide bonds. The molecule has 0 saturated heterocycles. The predicted molar refractivity (Wildman–Crippen MR) is 119 cm³/mol. The summed E-state index contributed by atoms with van der Waals surface area (Å²) >= 11 is 0. The molecule has 1 atom stereocenters. The Kier molecular flexibility index (Phi) is 6.35. The SMILES string of the molecule is COc1ccc2[nH]cc([C@H](CC(=O)NCc3ccncc3)c3cccc(C(F)(F)F)c3)c2c1. The number of fused-ring (bicyclic) bond motifs is 1. The fraction of sp³-hybridized carbons (Fsp3) is 0.200. The van der Waals surface area contributed by atoms with Crippen LogP contribution in [0.2, 0.25) is 0 Å². The molecule has 5 nitrogen and oxygen atoms in total.